The summed E-state index contributed by atoms with van der Waals surface area (Å²) in [6.45, 7) is 5.24. The highest BCUT2D eigenvalue weighted by Crippen LogP contribution is 2.24. The monoisotopic (exact) mass is 240 g/mol. The van der Waals surface area contributed by atoms with Crippen molar-refractivity contribution in [1.29, 1.82) is 0 Å². The highest BCUT2D eigenvalue weighted by molar-refractivity contribution is 6.32. The molecule has 0 saturated carbocycles. The topological polar surface area (TPSA) is 35.5 Å². The van der Waals surface area contributed by atoms with Gasteiger partial charge in [0.25, 0.3) is 0 Å². The van der Waals surface area contributed by atoms with Crippen LogP contribution < -0.4 is 5.32 Å². The minimum atomic E-state index is 0.156. The molecule has 2 N–H and O–H groups in total. The zero-order valence-electron chi connectivity index (χ0n) is 9.25. The highest BCUT2D eigenvalue weighted by atomic mass is 35.5. The summed E-state index contributed by atoms with van der Waals surface area (Å²) in [6.07, 6.45) is 1.19. The lowest BCUT2D eigenvalue weighted by Crippen LogP contribution is -2.27. The van der Waals surface area contributed by atoms with Gasteiger partial charge in [-0.05, 0) is 37.2 Å². The van der Waals surface area contributed by atoms with E-state index in [0.29, 0.717) is 5.02 Å². The molecule has 0 bridgehead atoms. The lowest BCUT2D eigenvalue weighted by Gasteiger charge is -2.19. The third kappa shape index (κ3) is 3.11. The summed E-state index contributed by atoms with van der Waals surface area (Å²) >= 11 is 5.88. The van der Waals surface area contributed by atoms with Gasteiger partial charge in [-0.3, -0.25) is 4.90 Å². The Kier molecular flexibility index (Phi) is 4.04. The fourth-order valence-electron chi connectivity index (χ4n) is 1.97. The van der Waals surface area contributed by atoms with E-state index >= 15 is 0 Å². The van der Waals surface area contributed by atoms with Gasteiger partial charge in [-0.1, -0.05) is 17.7 Å². The minimum Gasteiger partial charge on any atom is -0.506 e. The van der Waals surface area contributed by atoms with E-state index in [-0.39, 0.29) is 5.75 Å². The quantitative estimate of drug-likeness (QED) is 0.828. The van der Waals surface area contributed by atoms with Gasteiger partial charge in [0.1, 0.15) is 5.75 Å². The smallest absolute Gasteiger partial charge is 0.134 e. The first-order valence-electron chi connectivity index (χ1n) is 5.66. The first-order chi connectivity index (χ1) is 7.75. The largest absolute Gasteiger partial charge is 0.506 e. The van der Waals surface area contributed by atoms with Crippen LogP contribution in [0.2, 0.25) is 5.02 Å². The lowest BCUT2D eigenvalue weighted by atomic mass is 10.2. The van der Waals surface area contributed by atoms with E-state index in [1.165, 1.54) is 6.42 Å². The number of benzene rings is 1. The van der Waals surface area contributed by atoms with Gasteiger partial charge in [-0.25, -0.2) is 0 Å². The molecule has 1 fully saturated rings. The molecule has 0 amide bonds. The van der Waals surface area contributed by atoms with Crippen LogP contribution in [-0.4, -0.2) is 36.2 Å². The molecule has 0 unspecified atom stereocenters. The Labute approximate surface area is 101 Å². The predicted octanol–water partition coefficient (Wildman–Crippen LogP) is 1.84. The lowest BCUT2D eigenvalue weighted by molar-refractivity contribution is 0.284. The summed E-state index contributed by atoms with van der Waals surface area (Å²) in [5, 5.41) is 13.2. The Morgan fingerprint density at radius 1 is 1.31 bits per heavy atom. The summed E-state index contributed by atoms with van der Waals surface area (Å²) < 4.78 is 0. The van der Waals surface area contributed by atoms with Crippen molar-refractivity contribution in [3.05, 3.63) is 28.8 Å². The molecule has 0 spiro atoms. The van der Waals surface area contributed by atoms with Gasteiger partial charge in [-0.15, -0.1) is 0 Å². The molecule has 1 aromatic carbocycles. The summed E-state index contributed by atoms with van der Waals surface area (Å²) in [4.78, 5) is 2.41. The third-order valence-electron chi connectivity index (χ3n) is 2.85. The molecule has 2 rings (SSSR count). The van der Waals surface area contributed by atoms with E-state index in [1.54, 1.807) is 6.07 Å². The fraction of sp³-hybridized carbons (Fsp3) is 0.500. The van der Waals surface area contributed by atoms with Crippen molar-refractivity contribution < 1.29 is 5.11 Å². The van der Waals surface area contributed by atoms with Crippen molar-refractivity contribution >= 4 is 11.6 Å². The molecule has 3 nitrogen and oxygen atoms in total. The first-order valence-corrected chi connectivity index (χ1v) is 6.04. The second kappa shape index (κ2) is 5.53. The van der Waals surface area contributed by atoms with Crippen LogP contribution in [-0.2, 0) is 6.54 Å². The second-order valence-corrected chi connectivity index (χ2v) is 4.57. The average Bonchev–Trinajstić information content (AvgIpc) is 2.52. The SMILES string of the molecule is Oc1ccc(CN2CCCNCC2)cc1Cl. The highest BCUT2D eigenvalue weighted by Gasteiger charge is 2.09. The molecule has 0 aliphatic carbocycles. The number of hydrogen-bond donors (Lipinski definition) is 2. The first kappa shape index (κ1) is 11.7. The van der Waals surface area contributed by atoms with Crippen LogP contribution in [0.4, 0.5) is 0 Å². The molecule has 0 atom stereocenters. The van der Waals surface area contributed by atoms with Crippen molar-refractivity contribution in [1.82, 2.24) is 10.2 Å². The Morgan fingerprint density at radius 3 is 3.00 bits per heavy atom. The van der Waals surface area contributed by atoms with Crippen molar-refractivity contribution in [3.8, 4) is 5.75 Å². The Balaban J connectivity index is 1.99. The van der Waals surface area contributed by atoms with Gasteiger partial charge in [0.05, 0.1) is 5.02 Å². The van der Waals surface area contributed by atoms with Crippen LogP contribution in [0.3, 0.4) is 0 Å². The number of halogens is 1. The molecule has 88 valence electrons. The number of hydrogen-bond acceptors (Lipinski definition) is 3. The maximum atomic E-state index is 9.34. The Bertz CT molecular complexity index is 349. The van der Waals surface area contributed by atoms with Gasteiger partial charge in [0.15, 0.2) is 0 Å². The second-order valence-electron chi connectivity index (χ2n) is 4.17. The number of aromatic hydroxyl groups is 1. The van der Waals surface area contributed by atoms with Crippen LogP contribution in [0, 0.1) is 0 Å². The van der Waals surface area contributed by atoms with Crippen LogP contribution >= 0.6 is 11.6 Å². The number of nitrogens with one attached hydrogen (secondary N) is 1. The number of rotatable bonds is 2. The zero-order valence-corrected chi connectivity index (χ0v) is 10.0. The molecule has 1 heterocycles. The van der Waals surface area contributed by atoms with Crippen LogP contribution in [0.25, 0.3) is 0 Å². The maximum Gasteiger partial charge on any atom is 0.134 e. The number of nitrogens with zero attached hydrogens (tertiary/aromatic N) is 1. The molecule has 1 saturated heterocycles. The minimum absolute atomic E-state index is 0.156. The van der Waals surface area contributed by atoms with E-state index in [1.807, 2.05) is 12.1 Å². The molecule has 0 aromatic heterocycles. The molecule has 1 aromatic rings. The molecule has 16 heavy (non-hydrogen) atoms. The Morgan fingerprint density at radius 2 is 2.19 bits per heavy atom. The van der Waals surface area contributed by atoms with Gasteiger partial charge in [-0.2, -0.15) is 0 Å². The fourth-order valence-corrected chi connectivity index (χ4v) is 2.17. The standard InChI is InChI=1S/C12H17ClN2O/c13-11-8-10(2-3-12(11)16)9-15-6-1-4-14-5-7-15/h2-3,8,14,16H,1,4-7,9H2. The van der Waals surface area contributed by atoms with Gasteiger partial charge in [0, 0.05) is 19.6 Å². The van der Waals surface area contributed by atoms with Crippen molar-refractivity contribution in [2.45, 2.75) is 13.0 Å². The van der Waals surface area contributed by atoms with Crippen molar-refractivity contribution in [2.75, 3.05) is 26.2 Å². The Hall–Kier alpha value is -0.770. The van der Waals surface area contributed by atoms with Crippen LogP contribution in [0.5, 0.6) is 5.75 Å². The summed E-state index contributed by atoms with van der Waals surface area (Å²) in [5.74, 6) is 0.156. The van der Waals surface area contributed by atoms with Crippen LogP contribution in [0.1, 0.15) is 12.0 Å². The van der Waals surface area contributed by atoms with Crippen LogP contribution in [0.15, 0.2) is 18.2 Å². The summed E-state index contributed by atoms with van der Waals surface area (Å²) in [5.41, 5.74) is 1.16. The molecular weight excluding hydrogens is 224 g/mol. The van der Waals surface area contributed by atoms with E-state index in [9.17, 15) is 5.11 Å². The molecule has 4 heteroatoms. The normalized spacial score (nSPS) is 18.3. The molecule has 1 aliphatic rings. The van der Waals surface area contributed by atoms with Gasteiger partial charge in [0.2, 0.25) is 0 Å². The zero-order chi connectivity index (χ0) is 11.4. The third-order valence-corrected chi connectivity index (χ3v) is 3.15. The predicted molar refractivity (Wildman–Crippen MR) is 65.9 cm³/mol. The molecular formula is C12H17ClN2O. The van der Waals surface area contributed by atoms with Crippen molar-refractivity contribution in [3.63, 3.8) is 0 Å². The number of phenols is 1. The number of phenolic OH excluding ortho intramolecular Hbond substituents is 1. The van der Waals surface area contributed by atoms with E-state index in [0.717, 1.165) is 38.3 Å². The average molecular weight is 241 g/mol. The van der Waals surface area contributed by atoms with E-state index in [2.05, 4.69) is 10.2 Å². The molecule has 1 aliphatic heterocycles. The maximum absolute atomic E-state index is 9.34. The summed E-state index contributed by atoms with van der Waals surface area (Å²) in [6, 6.07) is 5.43. The van der Waals surface area contributed by atoms with Gasteiger partial charge < -0.3 is 10.4 Å². The van der Waals surface area contributed by atoms with Crippen molar-refractivity contribution in [2.24, 2.45) is 0 Å². The van der Waals surface area contributed by atoms with Gasteiger partial charge >= 0.3 is 0 Å². The van der Waals surface area contributed by atoms with E-state index < -0.39 is 0 Å². The summed E-state index contributed by atoms with van der Waals surface area (Å²) in [7, 11) is 0. The van der Waals surface area contributed by atoms with E-state index in [4.69, 9.17) is 11.6 Å². The molecule has 0 radical (unpaired) electrons.